The number of halogens is 1. The lowest BCUT2D eigenvalue weighted by molar-refractivity contribution is 0.502. The number of anilines is 1. The van der Waals surface area contributed by atoms with Gasteiger partial charge in [0.2, 0.25) is 0 Å². The molecule has 0 amide bonds. The van der Waals surface area contributed by atoms with E-state index < -0.39 is 0 Å². The van der Waals surface area contributed by atoms with Gasteiger partial charge in [-0.25, -0.2) is 0 Å². The first-order valence-electron chi connectivity index (χ1n) is 4.53. The molecular formula is C11H16ClN. The van der Waals surface area contributed by atoms with E-state index in [0.29, 0.717) is 0 Å². The van der Waals surface area contributed by atoms with Gasteiger partial charge in [0.25, 0.3) is 0 Å². The van der Waals surface area contributed by atoms with E-state index >= 15 is 0 Å². The zero-order valence-corrected chi connectivity index (χ0v) is 8.95. The van der Waals surface area contributed by atoms with Crippen LogP contribution in [0.4, 0.5) is 5.69 Å². The standard InChI is InChI=1S/C11H15N.ClH/c1-11(2)8-7-9-5-3-4-6-10(9)12-11;/h3-6,12H,7-8H2,1-2H3;1H. The molecule has 1 aromatic carbocycles. The van der Waals surface area contributed by atoms with E-state index in [4.69, 9.17) is 0 Å². The molecule has 1 aliphatic rings. The van der Waals surface area contributed by atoms with Crippen LogP contribution in [0.2, 0.25) is 0 Å². The molecule has 0 saturated carbocycles. The number of hydrogen-bond donors (Lipinski definition) is 1. The average molecular weight is 198 g/mol. The topological polar surface area (TPSA) is 12.0 Å². The molecule has 1 aliphatic heterocycles. The summed E-state index contributed by atoms with van der Waals surface area (Å²) in [6.07, 6.45) is 2.43. The van der Waals surface area contributed by atoms with Crippen LogP contribution in [0.1, 0.15) is 25.8 Å². The molecule has 0 spiro atoms. The van der Waals surface area contributed by atoms with Crippen molar-refractivity contribution in [1.29, 1.82) is 0 Å². The highest BCUT2D eigenvalue weighted by Gasteiger charge is 2.22. The van der Waals surface area contributed by atoms with Gasteiger partial charge in [-0.15, -0.1) is 12.4 Å². The second-order valence-electron chi connectivity index (χ2n) is 4.17. The van der Waals surface area contributed by atoms with Crippen molar-refractivity contribution in [3.8, 4) is 0 Å². The van der Waals surface area contributed by atoms with Crippen LogP contribution >= 0.6 is 12.4 Å². The summed E-state index contributed by atoms with van der Waals surface area (Å²) in [6, 6.07) is 8.57. The Bertz CT molecular complexity index is 294. The monoisotopic (exact) mass is 197 g/mol. The molecule has 1 heterocycles. The van der Waals surface area contributed by atoms with E-state index in [1.54, 1.807) is 0 Å². The number of fused-ring (bicyclic) bond motifs is 1. The molecule has 0 fully saturated rings. The molecule has 0 aliphatic carbocycles. The Hall–Kier alpha value is -0.690. The first-order chi connectivity index (χ1) is 5.67. The van der Waals surface area contributed by atoms with E-state index in [-0.39, 0.29) is 17.9 Å². The highest BCUT2D eigenvalue weighted by Crippen LogP contribution is 2.29. The summed E-state index contributed by atoms with van der Waals surface area (Å²) < 4.78 is 0. The van der Waals surface area contributed by atoms with E-state index in [1.165, 1.54) is 24.1 Å². The van der Waals surface area contributed by atoms with Gasteiger partial charge in [0.05, 0.1) is 0 Å². The maximum atomic E-state index is 3.54. The zero-order valence-electron chi connectivity index (χ0n) is 8.13. The molecular weight excluding hydrogens is 182 g/mol. The summed E-state index contributed by atoms with van der Waals surface area (Å²) in [5, 5.41) is 3.54. The molecule has 1 nitrogen and oxygen atoms in total. The van der Waals surface area contributed by atoms with Crippen molar-refractivity contribution in [1.82, 2.24) is 0 Å². The predicted octanol–water partition coefficient (Wildman–Crippen LogP) is 3.25. The Morgan fingerprint density at radius 1 is 1.23 bits per heavy atom. The van der Waals surface area contributed by atoms with Gasteiger partial charge in [0.1, 0.15) is 0 Å². The first-order valence-corrected chi connectivity index (χ1v) is 4.53. The van der Waals surface area contributed by atoms with E-state index in [1.807, 2.05) is 0 Å². The summed E-state index contributed by atoms with van der Waals surface area (Å²) in [5.41, 5.74) is 3.04. The van der Waals surface area contributed by atoms with Crippen LogP contribution in [0.15, 0.2) is 24.3 Å². The van der Waals surface area contributed by atoms with E-state index in [9.17, 15) is 0 Å². The van der Waals surface area contributed by atoms with Gasteiger partial charge < -0.3 is 5.32 Å². The lowest BCUT2D eigenvalue weighted by Crippen LogP contribution is -2.34. The minimum absolute atomic E-state index is 0. The molecule has 1 N–H and O–H groups in total. The fourth-order valence-corrected chi connectivity index (χ4v) is 1.73. The highest BCUT2D eigenvalue weighted by molar-refractivity contribution is 5.85. The third-order valence-electron chi connectivity index (χ3n) is 2.51. The molecule has 0 aromatic heterocycles. The van der Waals surface area contributed by atoms with Crippen molar-refractivity contribution >= 4 is 18.1 Å². The summed E-state index contributed by atoms with van der Waals surface area (Å²) in [4.78, 5) is 0. The zero-order chi connectivity index (χ0) is 8.60. The van der Waals surface area contributed by atoms with Gasteiger partial charge >= 0.3 is 0 Å². The molecule has 2 rings (SSSR count). The number of benzene rings is 1. The van der Waals surface area contributed by atoms with Crippen molar-refractivity contribution in [3.05, 3.63) is 29.8 Å². The van der Waals surface area contributed by atoms with Gasteiger partial charge in [0, 0.05) is 11.2 Å². The van der Waals surface area contributed by atoms with E-state index in [2.05, 4.69) is 43.4 Å². The van der Waals surface area contributed by atoms with Crippen molar-refractivity contribution in [2.24, 2.45) is 0 Å². The second kappa shape index (κ2) is 3.59. The predicted molar refractivity (Wildman–Crippen MR) is 59.7 cm³/mol. The molecule has 0 bridgehead atoms. The van der Waals surface area contributed by atoms with Crippen molar-refractivity contribution in [2.45, 2.75) is 32.2 Å². The highest BCUT2D eigenvalue weighted by atomic mass is 35.5. The minimum atomic E-state index is 0. The largest absolute Gasteiger partial charge is 0.380 e. The molecule has 2 heteroatoms. The molecule has 1 aromatic rings. The fourth-order valence-electron chi connectivity index (χ4n) is 1.73. The number of hydrogen-bond acceptors (Lipinski definition) is 1. The van der Waals surface area contributed by atoms with Crippen LogP contribution < -0.4 is 5.32 Å². The molecule has 0 saturated heterocycles. The Balaban J connectivity index is 0.000000845. The Kier molecular flexibility index (Phi) is 2.87. The molecule has 72 valence electrons. The van der Waals surface area contributed by atoms with Crippen molar-refractivity contribution in [2.75, 3.05) is 5.32 Å². The Labute approximate surface area is 86.0 Å². The number of nitrogens with one attached hydrogen (secondary N) is 1. The fraction of sp³-hybridized carbons (Fsp3) is 0.455. The summed E-state index contributed by atoms with van der Waals surface area (Å²) >= 11 is 0. The maximum Gasteiger partial charge on any atom is 0.0376 e. The van der Waals surface area contributed by atoms with Crippen LogP contribution in [-0.2, 0) is 6.42 Å². The van der Waals surface area contributed by atoms with Crippen LogP contribution in [0.3, 0.4) is 0 Å². The smallest absolute Gasteiger partial charge is 0.0376 e. The lowest BCUT2D eigenvalue weighted by atomic mass is 9.90. The van der Waals surface area contributed by atoms with Crippen LogP contribution in [0, 0.1) is 0 Å². The summed E-state index contributed by atoms with van der Waals surface area (Å²) in [7, 11) is 0. The number of rotatable bonds is 0. The van der Waals surface area contributed by atoms with Crippen molar-refractivity contribution < 1.29 is 0 Å². The Morgan fingerprint density at radius 3 is 2.69 bits per heavy atom. The lowest BCUT2D eigenvalue weighted by Gasteiger charge is -2.33. The van der Waals surface area contributed by atoms with Crippen LogP contribution in [0.25, 0.3) is 0 Å². The third kappa shape index (κ3) is 2.16. The Morgan fingerprint density at radius 2 is 1.92 bits per heavy atom. The first kappa shape index (κ1) is 10.4. The van der Waals surface area contributed by atoms with Gasteiger partial charge in [-0.2, -0.15) is 0 Å². The SMILES string of the molecule is CC1(C)CCc2ccccc2N1.Cl. The summed E-state index contributed by atoms with van der Waals surface area (Å²) in [6.45, 7) is 4.51. The van der Waals surface area contributed by atoms with Gasteiger partial charge in [-0.05, 0) is 38.3 Å². The van der Waals surface area contributed by atoms with E-state index in [0.717, 1.165) is 0 Å². The van der Waals surface area contributed by atoms with Gasteiger partial charge in [-0.3, -0.25) is 0 Å². The van der Waals surface area contributed by atoms with Crippen LogP contribution in [-0.4, -0.2) is 5.54 Å². The van der Waals surface area contributed by atoms with Gasteiger partial charge in [0.15, 0.2) is 0 Å². The van der Waals surface area contributed by atoms with Crippen molar-refractivity contribution in [3.63, 3.8) is 0 Å². The molecule has 0 radical (unpaired) electrons. The quantitative estimate of drug-likeness (QED) is 0.674. The molecule has 13 heavy (non-hydrogen) atoms. The molecule has 0 atom stereocenters. The average Bonchev–Trinajstić information content (AvgIpc) is 2.02. The maximum absolute atomic E-state index is 3.54. The molecule has 0 unspecified atom stereocenters. The van der Waals surface area contributed by atoms with Gasteiger partial charge in [-0.1, -0.05) is 18.2 Å². The second-order valence-corrected chi connectivity index (χ2v) is 4.17. The minimum Gasteiger partial charge on any atom is -0.380 e. The van der Waals surface area contributed by atoms with Crippen LogP contribution in [0.5, 0.6) is 0 Å². The normalized spacial score (nSPS) is 18.0. The number of para-hydroxylation sites is 1. The number of aryl methyl sites for hydroxylation is 1. The third-order valence-corrected chi connectivity index (χ3v) is 2.51. The summed E-state index contributed by atoms with van der Waals surface area (Å²) in [5.74, 6) is 0.